The molecule has 1 heterocycles. The first-order chi connectivity index (χ1) is 9.16. The minimum Gasteiger partial charge on any atom is -0.476 e. The van der Waals surface area contributed by atoms with Gasteiger partial charge < -0.3 is 10.0 Å². The third kappa shape index (κ3) is 3.78. The van der Waals surface area contributed by atoms with Gasteiger partial charge in [-0.15, -0.1) is 0 Å². The van der Waals surface area contributed by atoms with Gasteiger partial charge in [0.1, 0.15) is 4.90 Å². The van der Waals surface area contributed by atoms with E-state index in [9.17, 15) is 13.2 Å². The Morgan fingerprint density at radius 2 is 2.10 bits per heavy atom. The molecule has 9 heteroatoms. The number of carboxylic acids is 1. The normalized spacial score (nSPS) is 12.3. The Hall–Kier alpha value is -1.45. The fourth-order valence-electron chi connectivity index (χ4n) is 1.58. The number of H-pyrrole nitrogens is 1. The van der Waals surface area contributed by atoms with Gasteiger partial charge in [-0.1, -0.05) is 0 Å². The van der Waals surface area contributed by atoms with E-state index in [2.05, 4.69) is 14.9 Å². The van der Waals surface area contributed by atoms with Gasteiger partial charge in [-0.25, -0.2) is 17.9 Å². The van der Waals surface area contributed by atoms with Crippen LogP contribution in [0.2, 0.25) is 0 Å². The van der Waals surface area contributed by atoms with Crippen LogP contribution in [-0.2, 0) is 10.0 Å². The summed E-state index contributed by atoms with van der Waals surface area (Å²) in [4.78, 5) is 12.6. The lowest BCUT2D eigenvalue weighted by molar-refractivity contribution is 0.0686. The Labute approximate surface area is 118 Å². The lowest BCUT2D eigenvalue weighted by atomic mass is 10.3. The number of hydrogen-bond acceptors (Lipinski definition) is 5. The second-order valence-corrected chi connectivity index (χ2v) is 6.51. The second kappa shape index (κ2) is 6.33. The molecule has 0 unspecified atom stereocenters. The number of carbonyl (C=O) groups is 1. The molecule has 1 rings (SSSR count). The maximum absolute atomic E-state index is 12.1. The first-order valence-corrected chi connectivity index (χ1v) is 7.63. The molecular formula is C11H20N4O4S. The van der Waals surface area contributed by atoms with Crippen molar-refractivity contribution in [3.05, 3.63) is 11.4 Å². The van der Waals surface area contributed by atoms with E-state index in [4.69, 9.17) is 5.11 Å². The van der Waals surface area contributed by atoms with Gasteiger partial charge >= 0.3 is 5.97 Å². The van der Waals surface area contributed by atoms with Crippen molar-refractivity contribution >= 4 is 16.0 Å². The van der Waals surface area contributed by atoms with Gasteiger partial charge in [0.25, 0.3) is 0 Å². The summed E-state index contributed by atoms with van der Waals surface area (Å²) in [7, 11) is -2.02. The number of aromatic amines is 1. The number of carboxylic acid groups (broad SMARTS) is 1. The van der Waals surface area contributed by atoms with Gasteiger partial charge in [0, 0.05) is 19.1 Å². The van der Waals surface area contributed by atoms with Crippen molar-refractivity contribution in [2.45, 2.75) is 31.7 Å². The van der Waals surface area contributed by atoms with Crippen LogP contribution in [0.25, 0.3) is 0 Å². The van der Waals surface area contributed by atoms with Gasteiger partial charge in [0.15, 0.2) is 5.69 Å². The van der Waals surface area contributed by atoms with Crippen LogP contribution < -0.4 is 4.72 Å². The van der Waals surface area contributed by atoms with E-state index in [-0.39, 0.29) is 17.1 Å². The number of aromatic carboxylic acids is 1. The summed E-state index contributed by atoms with van der Waals surface area (Å²) in [6.07, 6.45) is 0. The SMILES string of the molecule is Cc1[nH]nc(C(=O)O)c1S(=O)(=O)NCCN(C)C(C)C. The zero-order chi connectivity index (χ0) is 15.5. The fraction of sp³-hybridized carbons (Fsp3) is 0.636. The van der Waals surface area contributed by atoms with Gasteiger partial charge in [0.2, 0.25) is 10.0 Å². The molecule has 114 valence electrons. The molecule has 8 nitrogen and oxygen atoms in total. The lowest BCUT2D eigenvalue weighted by Crippen LogP contribution is -2.36. The van der Waals surface area contributed by atoms with Gasteiger partial charge in [-0.2, -0.15) is 5.10 Å². The maximum Gasteiger partial charge on any atom is 0.357 e. The largest absolute Gasteiger partial charge is 0.476 e. The highest BCUT2D eigenvalue weighted by atomic mass is 32.2. The van der Waals surface area contributed by atoms with Crippen LogP contribution in [-0.4, -0.2) is 60.8 Å². The predicted molar refractivity (Wildman–Crippen MR) is 73.2 cm³/mol. The summed E-state index contributed by atoms with van der Waals surface area (Å²) < 4.78 is 26.7. The highest BCUT2D eigenvalue weighted by molar-refractivity contribution is 7.89. The van der Waals surface area contributed by atoms with E-state index in [1.54, 1.807) is 0 Å². The predicted octanol–water partition coefficient (Wildman–Crippen LogP) is 0.0348. The molecule has 20 heavy (non-hydrogen) atoms. The monoisotopic (exact) mass is 304 g/mol. The third-order valence-electron chi connectivity index (χ3n) is 3.00. The fourth-order valence-corrected chi connectivity index (χ4v) is 2.92. The number of hydrogen-bond donors (Lipinski definition) is 3. The summed E-state index contributed by atoms with van der Waals surface area (Å²) >= 11 is 0. The van der Waals surface area contributed by atoms with Crippen molar-refractivity contribution in [3.63, 3.8) is 0 Å². The van der Waals surface area contributed by atoms with Crippen LogP contribution in [0.4, 0.5) is 0 Å². The number of nitrogens with zero attached hydrogens (tertiary/aromatic N) is 2. The number of aryl methyl sites for hydroxylation is 1. The summed E-state index contributed by atoms with van der Waals surface area (Å²) in [5.41, 5.74) is -0.292. The van der Waals surface area contributed by atoms with Crippen LogP contribution in [0.15, 0.2) is 4.90 Å². The number of aromatic nitrogens is 2. The topological polar surface area (TPSA) is 115 Å². The zero-order valence-electron chi connectivity index (χ0n) is 12.0. The smallest absolute Gasteiger partial charge is 0.357 e. The average molecular weight is 304 g/mol. The average Bonchev–Trinajstić information content (AvgIpc) is 2.71. The van der Waals surface area contributed by atoms with Crippen molar-refractivity contribution in [3.8, 4) is 0 Å². The molecule has 3 N–H and O–H groups in total. The molecule has 0 saturated carbocycles. The van der Waals surface area contributed by atoms with Crippen molar-refractivity contribution in [2.24, 2.45) is 0 Å². The van der Waals surface area contributed by atoms with Crippen LogP contribution in [0.5, 0.6) is 0 Å². The second-order valence-electron chi connectivity index (χ2n) is 4.80. The number of sulfonamides is 1. The molecule has 0 aromatic carbocycles. The molecule has 0 amide bonds. The van der Waals surface area contributed by atoms with Crippen molar-refractivity contribution in [1.29, 1.82) is 0 Å². The van der Waals surface area contributed by atoms with Crippen molar-refractivity contribution in [2.75, 3.05) is 20.1 Å². The minimum atomic E-state index is -3.90. The highest BCUT2D eigenvalue weighted by Gasteiger charge is 2.27. The zero-order valence-corrected chi connectivity index (χ0v) is 12.8. The third-order valence-corrected chi connectivity index (χ3v) is 4.62. The van der Waals surface area contributed by atoms with Gasteiger partial charge in [0.05, 0.1) is 5.69 Å². The Kier molecular flexibility index (Phi) is 5.26. The van der Waals surface area contributed by atoms with Crippen LogP contribution in [0.1, 0.15) is 30.0 Å². The van der Waals surface area contributed by atoms with Gasteiger partial charge in [-0.05, 0) is 27.8 Å². The first kappa shape index (κ1) is 16.6. The van der Waals surface area contributed by atoms with E-state index in [0.29, 0.717) is 12.6 Å². The van der Waals surface area contributed by atoms with E-state index in [0.717, 1.165) is 0 Å². The number of likely N-dealkylation sites (N-methyl/N-ethyl adjacent to an activating group) is 1. The summed E-state index contributed by atoms with van der Waals surface area (Å²) in [6.45, 7) is 6.18. The molecule has 0 fully saturated rings. The molecule has 1 aromatic rings. The standard InChI is InChI=1S/C11H20N4O4S/c1-7(2)15(4)6-5-12-20(18,19)10-8(3)13-14-9(10)11(16)17/h7,12H,5-6H2,1-4H3,(H,13,14)(H,16,17). The first-order valence-electron chi connectivity index (χ1n) is 6.15. The molecule has 0 atom stereocenters. The molecule has 0 aliphatic heterocycles. The Morgan fingerprint density at radius 1 is 1.50 bits per heavy atom. The van der Waals surface area contributed by atoms with E-state index < -0.39 is 21.7 Å². The lowest BCUT2D eigenvalue weighted by Gasteiger charge is -2.20. The molecule has 0 aliphatic carbocycles. The Balaban J connectivity index is 2.85. The quantitative estimate of drug-likeness (QED) is 0.655. The Morgan fingerprint density at radius 3 is 2.60 bits per heavy atom. The Bertz CT molecular complexity index is 579. The summed E-state index contributed by atoms with van der Waals surface area (Å²) in [5.74, 6) is -1.38. The minimum absolute atomic E-state index is 0.195. The molecule has 0 saturated heterocycles. The molecule has 1 aromatic heterocycles. The van der Waals surface area contributed by atoms with Crippen LogP contribution in [0, 0.1) is 6.92 Å². The summed E-state index contributed by atoms with van der Waals surface area (Å²) in [6, 6.07) is 0.296. The molecular weight excluding hydrogens is 284 g/mol. The molecule has 0 bridgehead atoms. The molecule has 0 spiro atoms. The molecule has 0 aliphatic rings. The maximum atomic E-state index is 12.1. The molecule has 0 radical (unpaired) electrons. The van der Waals surface area contributed by atoms with Crippen LogP contribution in [0.3, 0.4) is 0 Å². The van der Waals surface area contributed by atoms with Gasteiger partial charge in [-0.3, -0.25) is 5.10 Å². The van der Waals surface area contributed by atoms with E-state index >= 15 is 0 Å². The van der Waals surface area contributed by atoms with Crippen molar-refractivity contribution in [1.82, 2.24) is 19.8 Å². The van der Waals surface area contributed by atoms with Crippen LogP contribution >= 0.6 is 0 Å². The highest BCUT2D eigenvalue weighted by Crippen LogP contribution is 2.17. The van der Waals surface area contributed by atoms with Crippen molar-refractivity contribution < 1.29 is 18.3 Å². The van der Waals surface area contributed by atoms with E-state index in [1.165, 1.54) is 6.92 Å². The summed E-state index contributed by atoms with van der Waals surface area (Å²) in [5, 5.41) is 14.8. The van der Waals surface area contributed by atoms with E-state index in [1.807, 2.05) is 25.8 Å². The number of rotatable bonds is 7. The number of nitrogens with one attached hydrogen (secondary N) is 2.